The number of methoxy groups -OCH3 is 2. The second kappa shape index (κ2) is 7.49. The highest BCUT2D eigenvalue weighted by Crippen LogP contribution is 2.30. The Kier molecular flexibility index (Phi) is 5.16. The number of ether oxygens (including phenoxy) is 2. The molecule has 1 unspecified atom stereocenters. The van der Waals surface area contributed by atoms with Crippen molar-refractivity contribution in [1.82, 2.24) is 5.32 Å². The SMILES string of the molecule is COC(=O)C(N[C@H]1CCc2c(cccc2OC)C1)c1ccccc1. The minimum atomic E-state index is -0.437. The summed E-state index contributed by atoms with van der Waals surface area (Å²) >= 11 is 0. The number of nitrogens with one attached hydrogen (secondary N) is 1. The predicted octanol–water partition coefficient (Wildman–Crippen LogP) is 3.06. The summed E-state index contributed by atoms with van der Waals surface area (Å²) in [6, 6.07) is 15.7. The molecule has 0 radical (unpaired) electrons. The van der Waals surface area contributed by atoms with E-state index in [1.165, 1.54) is 18.2 Å². The molecule has 3 rings (SSSR count). The zero-order chi connectivity index (χ0) is 16.9. The maximum atomic E-state index is 12.2. The third kappa shape index (κ3) is 3.44. The number of esters is 1. The Labute approximate surface area is 142 Å². The van der Waals surface area contributed by atoms with Crippen molar-refractivity contribution in [2.45, 2.75) is 31.3 Å². The molecule has 2 aromatic carbocycles. The number of carbonyl (C=O) groups excluding carboxylic acids is 1. The highest BCUT2D eigenvalue weighted by atomic mass is 16.5. The maximum absolute atomic E-state index is 12.2. The highest BCUT2D eigenvalue weighted by molar-refractivity contribution is 5.77. The van der Waals surface area contributed by atoms with E-state index in [0.717, 1.165) is 30.6 Å². The van der Waals surface area contributed by atoms with E-state index >= 15 is 0 Å². The van der Waals surface area contributed by atoms with Gasteiger partial charge in [0.05, 0.1) is 14.2 Å². The van der Waals surface area contributed by atoms with E-state index in [1.807, 2.05) is 42.5 Å². The Hall–Kier alpha value is -2.33. The Bertz CT molecular complexity index is 699. The van der Waals surface area contributed by atoms with Gasteiger partial charge in [-0.15, -0.1) is 0 Å². The molecule has 2 atom stereocenters. The van der Waals surface area contributed by atoms with Crippen molar-refractivity contribution in [1.29, 1.82) is 0 Å². The van der Waals surface area contributed by atoms with Gasteiger partial charge in [-0.05, 0) is 42.0 Å². The lowest BCUT2D eigenvalue weighted by Crippen LogP contribution is -2.40. The topological polar surface area (TPSA) is 47.6 Å². The van der Waals surface area contributed by atoms with Gasteiger partial charge in [-0.1, -0.05) is 42.5 Å². The van der Waals surface area contributed by atoms with E-state index in [-0.39, 0.29) is 12.0 Å². The summed E-state index contributed by atoms with van der Waals surface area (Å²) in [5.74, 6) is 0.705. The number of hydrogen-bond donors (Lipinski definition) is 1. The average Bonchev–Trinajstić information content (AvgIpc) is 2.65. The molecule has 0 aromatic heterocycles. The lowest BCUT2D eigenvalue weighted by Gasteiger charge is -2.29. The molecule has 24 heavy (non-hydrogen) atoms. The Morgan fingerprint density at radius 1 is 1.12 bits per heavy atom. The summed E-state index contributed by atoms with van der Waals surface area (Å²) in [5.41, 5.74) is 3.50. The van der Waals surface area contributed by atoms with Crippen molar-refractivity contribution in [2.75, 3.05) is 14.2 Å². The van der Waals surface area contributed by atoms with Crippen molar-refractivity contribution in [3.05, 3.63) is 65.2 Å². The van der Waals surface area contributed by atoms with Gasteiger partial charge in [0.15, 0.2) is 0 Å². The molecule has 2 aromatic rings. The zero-order valence-corrected chi connectivity index (χ0v) is 14.1. The van der Waals surface area contributed by atoms with Crippen LogP contribution in [0.3, 0.4) is 0 Å². The van der Waals surface area contributed by atoms with Gasteiger partial charge in [0.1, 0.15) is 11.8 Å². The summed E-state index contributed by atoms with van der Waals surface area (Å²) in [6.07, 6.45) is 2.79. The Morgan fingerprint density at radius 3 is 2.62 bits per heavy atom. The van der Waals surface area contributed by atoms with Crippen molar-refractivity contribution in [2.24, 2.45) is 0 Å². The van der Waals surface area contributed by atoms with Gasteiger partial charge in [-0.3, -0.25) is 5.32 Å². The zero-order valence-electron chi connectivity index (χ0n) is 14.1. The molecular formula is C20H23NO3. The fourth-order valence-electron chi connectivity index (χ4n) is 3.41. The standard InChI is InChI=1S/C20H23NO3/c1-23-18-10-6-9-15-13-16(11-12-17(15)18)21-19(20(22)24-2)14-7-4-3-5-8-14/h3-10,16,19,21H,11-13H2,1-2H3/t16-,19?/m0/s1. The number of rotatable bonds is 5. The lowest BCUT2D eigenvalue weighted by molar-refractivity contribution is -0.143. The van der Waals surface area contributed by atoms with Crippen LogP contribution in [-0.4, -0.2) is 26.2 Å². The first-order valence-corrected chi connectivity index (χ1v) is 8.26. The molecule has 0 saturated heterocycles. The second-order valence-electron chi connectivity index (χ2n) is 6.07. The van der Waals surface area contributed by atoms with Crippen LogP contribution in [0.5, 0.6) is 5.75 Å². The third-order valence-corrected chi connectivity index (χ3v) is 4.63. The molecule has 0 fully saturated rings. The lowest BCUT2D eigenvalue weighted by atomic mass is 9.87. The third-order valence-electron chi connectivity index (χ3n) is 4.63. The highest BCUT2D eigenvalue weighted by Gasteiger charge is 2.27. The van der Waals surface area contributed by atoms with Crippen LogP contribution in [0.1, 0.15) is 29.2 Å². The molecular weight excluding hydrogens is 302 g/mol. The largest absolute Gasteiger partial charge is 0.496 e. The van der Waals surface area contributed by atoms with Crippen LogP contribution in [0.25, 0.3) is 0 Å². The molecule has 0 saturated carbocycles. The maximum Gasteiger partial charge on any atom is 0.327 e. The normalized spacial score (nSPS) is 17.7. The number of hydrogen-bond acceptors (Lipinski definition) is 4. The van der Waals surface area contributed by atoms with Gasteiger partial charge in [-0.2, -0.15) is 0 Å². The minimum Gasteiger partial charge on any atom is -0.496 e. The van der Waals surface area contributed by atoms with E-state index in [9.17, 15) is 4.79 Å². The summed E-state index contributed by atoms with van der Waals surface area (Å²) in [7, 11) is 3.14. The van der Waals surface area contributed by atoms with Crippen LogP contribution in [0.4, 0.5) is 0 Å². The van der Waals surface area contributed by atoms with E-state index < -0.39 is 6.04 Å². The summed E-state index contributed by atoms with van der Waals surface area (Å²) < 4.78 is 10.5. The van der Waals surface area contributed by atoms with Gasteiger partial charge in [-0.25, -0.2) is 4.79 Å². The number of carbonyl (C=O) groups is 1. The average molecular weight is 325 g/mol. The summed E-state index contributed by atoms with van der Waals surface area (Å²) in [5, 5.41) is 3.49. The molecule has 1 aliphatic carbocycles. The van der Waals surface area contributed by atoms with E-state index in [1.54, 1.807) is 7.11 Å². The number of benzene rings is 2. The van der Waals surface area contributed by atoms with Crippen LogP contribution >= 0.6 is 0 Å². The van der Waals surface area contributed by atoms with Crippen molar-refractivity contribution >= 4 is 5.97 Å². The first kappa shape index (κ1) is 16.5. The van der Waals surface area contributed by atoms with Gasteiger partial charge in [0, 0.05) is 6.04 Å². The smallest absolute Gasteiger partial charge is 0.327 e. The molecule has 0 bridgehead atoms. The first-order chi connectivity index (χ1) is 11.7. The van der Waals surface area contributed by atoms with Crippen LogP contribution < -0.4 is 10.1 Å². The molecule has 0 aliphatic heterocycles. The van der Waals surface area contributed by atoms with Crippen LogP contribution in [0, 0.1) is 0 Å². The van der Waals surface area contributed by atoms with Crippen LogP contribution in [-0.2, 0) is 22.4 Å². The molecule has 0 heterocycles. The molecule has 126 valence electrons. The van der Waals surface area contributed by atoms with Gasteiger partial charge in [0.2, 0.25) is 0 Å². The van der Waals surface area contributed by atoms with E-state index in [4.69, 9.17) is 9.47 Å². The fourth-order valence-corrected chi connectivity index (χ4v) is 3.41. The molecule has 0 amide bonds. The van der Waals surface area contributed by atoms with E-state index in [0.29, 0.717) is 0 Å². The van der Waals surface area contributed by atoms with Crippen molar-refractivity contribution in [3.63, 3.8) is 0 Å². The Balaban J connectivity index is 1.78. The molecule has 1 aliphatic rings. The summed E-state index contributed by atoms with van der Waals surface area (Å²) in [6.45, 7) is 0. The summed E-state index contributed by atoms with van der Waals surface area (Å²) in [4.78, 5) is 12.2. The van der Waals surface area contributed by atoms with Crippen molar-refractivity contribution in [3.8, 4) is 5.75 Å². The Morgan fingerprint density at radius 2 is 1.92 bits per heavy atom. The minimum absolute atomic E-state index is 0.230. The molecule has 0 spiro atoms. The van der Waals surface area contributed by atoms with Crippen LogP contribution in [0.15, 0.2) is 48.5 Å². The van der Waals surface area contributed by atoms with Crippen LogP contribution in [0.2, 0.25) is 0 Å². The van der Waals surface area contributed by atoms with Gasteiger partial charge >= 0.3 is 5.97 Å². The van der Waals surface area contributed by atoms with E-state index in [2.05, 4.69) is 11.4 Å². The monoisotopic (exact) mass is 325 g/mol. The molecule has 4 heteroatoms. The number of fused-ring (bicyclic) bond motifs is 1. The first-order valence-electron chi connectivity index (χ1n) is 8.26. The van der Waals surface area contributed by atoms with Crippen molar-refractivity contribution < 1.29 is 14.3 Å². The molecule has 1 N–H and O–H groups in total. The van der Waals surface area contributed by atoms with Gasteiger partial charge < -0.3 is 9.47 Å². The predicted molar refractivity (Wildman–Crippen MR) is 93.1 cm³/mol. The quantitative estimate of drug-likeness (QED) is 0.858. The second-order valence-corrected chi connectivity index (χ2v) is 6.07. The fraction of sp³-hybridized carbons (Fsp3) is 0.350. The van der Waals surface area contributed by atoms with Gasteiger partial charge in [0.25, 0.3) is 0 Å². The molecule has 4 nitrogen and oxygen atoms in total.